The molecule has 12 heteroatoms. The van der Waals surface area contributed by atoms with E-state index in [1.165, 1.54) is 4.52 Å². The Morgan fingerprint density at radius 1 is 0.949 bits per heavy atom. The van der Waals surface area contributed by atoms with E-state index in [2.05, 4.69) is 30.9 Å². The van der Waals surface area contributed by atoms with Crippen LogP contribution in [0.1, 0.15) is 33.4 Å². The Morgan fingerprint density at radius 3 is 2.46 bits per heavy atom. The molecule has 0 atom stereocenters. The number of aromatic nitrogens is 5. The summed E-state index contributed by atoms with van der Waals surface area (Å²) in [4.78, 5) is 9.40. The molecule has 0 saturated carbocycles. The Hall–Kier alpha value is -4.45. The molecule has 0 fully saturated rings. The maximum atomic E-state index is 13.0. The molecule has 0 unspecified atom stereocenters. The minimum atomic E-state index is -3.55. The molecule has 5 aromatic rings. The molecule has 0 aliphatic carbocycles. The molecule has 0 aliphatic rings. The molecule has 202 valence electrons. The normalized spacial score (nSPS) is 11.9. The summed E-state index contributed by atoms with van der Waals surface area (Å²) in [6.07, 6.45) is 1.52. The fraction of sp³-hybridized carbons (Fsp3) is 0.259. The van der Waals surface area contributed by atoms with Gasteiger partial charge in [-0.15, -0.1) is 0 Å². The summed E-state index contributed by atoms with van der Waals surface area (Å²) >= 11 is 0. The van der Waals surface area contributed by atoms with Crippen LogP contribution in [0.5, 0.6) is 5.75 Å². The third kappa shape index (κ3) is 5.41. The second kappa shape index (κ2) is 10.4. The monoisotopic (exact) mass is 547 g/mol. The lowest BCUT2D eigenvalue weighted by atomic mass is 10.1. The Morgan fingerprint density at radius 2 is 1.74 bits per heavy atom. The lowest BCUT2D eigenvalue weighted by molar-refractivity contribution is 0.244. The van der Waals surface area contributed by atoms with Gasteiger partial charge in [0.25, 0.3) is 0 Å². The summed E-state index contributed by atoms with van der Waals surface area (Å²) in [5, 5.41) is 14.1. The van der Waals surface area contributed by atoms with Crippen LogP contribution in [0.4, 0.5) is 23.3 Å². The third-order valence-corrected chi connectivity index (χ3v) is 8.03. The van der Waals surface area contributed by atoms with Gasteiger partial charge < -0.3 is 19.9 Å². The highest BCUT2D eigenvalue weighted by Gasteiger charge is 2.23. The van der Waals surface area contributed by atoms with Crippen LogP contribution in [-0.4, -0.2) is 44.5 Å². The number of hydrogen-bond donors (Lipinski definition) is 2. The Bertz CT molecular complexity index is 1740. The molecule has 5 rings (SSSR count). The van der Waals surface area contributed by atoms with Crippen molar-refractivity contribution in [3.05, 3.63) is 66.5 Å². The molecular formula is C27H29N7O4S. The minimum absolute atomic E-state index is 0.0706. The SMILES string of the molecule is Cc1cc(-c2ccc(OC(C)C)c(Nc3nc(Nc4ccccc4S(=O)(=O)C(C)C)n4nccc4n3)c2)on1. The molecule has 0 aliphatic heterocycles. The number of hydrogen-bond acceptors (Lipinski definition) is 10. The van der Waals surface area contributed by atoms with Crippen LogP contribution in [0.2, 0.25) is 0 Å². The standard InChI is InChI=1S/C27H29N7O4S/c1-16(2)37-22-11-10-19(23-14-18(5)33-38-23)15-21(22)29-26-31-25-12-13-28-34(25)27(32-26)30-20-8-6-7-9-24(20)39(35,36)17(3)4/h6-17H,1-5H3,(H2,29,30,31,32). The van der Waals surface area contributed by atoms with Crippen LogP contribution in [0.15, 0.2) is 70.2 Å². The van der Waals surface area contributed by atoms with Gasteiger partial charge in [-0.3, -0.25) is 0 Å². The summed E-state index contributed by atoms with van der Waals surface area (Å²) in [6, 6.07) is 15.9. The van der Waals surface area contributed by atoms with E-state index in [1.807, 2.05) is 45.0 Å². The minimum Gasteiger partial charge on any atom is -0.489 e. The molecule has 0 spiro atoms. The Labute approximate surface area is 226 Å². The highest BCUT2D eigenvalue weighted by atomic mass is 32.2. The van der Waals surface area contributed by atoms with Crippen molar-refractivity contribution in [3.63, 3.8) is 0 Å². The van der Waals surface area contributed by atoms with E-state index in [1.54, 1.807) is 50.4 Å². The van der Waals surface area contributed by atoms with E-state index in [0.717, 1.165) is 11.3 Å². The van der Waals surface area contributed by atoms with Crippen molar-refractivity contribution >= 4 is 38.8 Å². The number of para-hydroxylation sites is 1. The van der Waals surface area contributed by atoms with Gasteiger partial charge in [0.1, 0.15) is 5.75 Å². The van der Waals surface area contributed by atoms with Crippen LogP contribution >= 0.6 is 0 Å². The molecule has 39 heavy (non-hydrogen) atoms. The molecule has 0 bridgehead atoms. The number of benzene rings is 2. The van der Waals surface area contributed by atoms with E-state index in [4.69, 9.17) is 9.26 Å². The van der Waals surface area contributed by atoms with Crippen molar-refractivity contribution in [1.29, 1.82) is 0 Å². The average molecular weight is 548 g/mol. The van der Waals surface area contributed by atoms with Crippen LogP contribution in [-0.2, 0) is 9.84 Å². The van der Waals surface area contributed by atoms with Gasteiger partial charge in [0.05, 0.1) is 39.5 Å². The number of nitrogens with one attached hydrogen (secondary N) is 2. The predicted octanol–water partition coefficient (Wildman–Crippen LogP) is 5.54. The first-order valence-corrected chi connectivity index (χ1v) is 14.0. The van der Waals surface area contributed by atoms with Crippen molar-refractivity contribution in [2.45, 2.75) is 50.9 Å². The van der Waals surface area contributed by atoms with E-state index in [9.17, 15) is 8.42 Å². The first kappa shape index (κ1) is 26.2. The number of sulfone groups is 1. The fourth-order valence-electron chi connectivity index (χ4n) is 3.91. The molecule has 2 N–H and O–H groups in total. The summed E-state index contributed by atoms with van der Waals surface area (Å²) < 4.78 is 39.0. The van der Waals surface area contributed by atoms with Gasteiger partial charge in [-0.25, -0.2) is 8.42 Å². The van der Waals surface area contributed by atoms with Crippen LogP contribution < -0.4 is 15.4 Å². The van der Waals surface area contributed by atoms with E-state index in [-0.39, 0.29) is 22.9 Å². The van der Waals surface area contributed by atoms with Crippen molar-refractivity contribution in [3.8, 4) is 17.1 Å². The zero-order valence-corrected chi connectivity index (χ0v) is 23.0. The first-order valence-electron chi connectivity index (χ1n) is 12.4. The van der Waals surface area contributed by atoms with Gasteiger partial charge in [0, 0.05) is 17.7 Å². The highest BCUT2D eigenvalue weighted by molar-refractivity contribution is 7.92. The maximum absolute atomic E-state index is 13.0. The predicted molar refractivity (Wildman–Crippen MR) is 149 cm³/mol. The zero-order chi connectivity index (χ0) is 27.7. The number of ether oxygens (including phenoxy) is 1. The summed E-state index contributed by atoms with van der Waals surface area (Å²) in [5.41, 5.74) is 3.08. The van der Waals surface area contributed by atoms with Crippen LogP contribution in [0.25, 0.3) is 17.0 Å². The lowest BCUT2D eigenvalue weighted by Gasteiger charge is -2.17. The lowest BCUT2D eigenvalue weighted by Crippen LogP contribution is -2.16. The number of fused-ring (bicyclic) bond motifs is 1. The second-order valence-corrected chi connectivity index (χ2v) is 12.0. The summed E-state index contributed by atoms with van der Waals surface area (Å²) in [5.74, 6) is 1.76. The topological polar surface area (TPSA) is 137 Å². The molecule has 0 saturated heterocycles. The first-order chi connectivity index (χ1) is 18.6. The van der Waals surface area contributed by atoms with Gasteiger partial charge >= 0.3 is 0 Å². The van der Waals surface area contributed by atoms with Gasteiger partial charge in [-0.05, 0) is 65.0 Å². The van der Waals surface area contributed by atoms with E-state index >= 15 is 0 Å². The molecule has 3 heterocycles. The number of rotatable bonds is 9. The molecule has 0 amide bonds. The largest absolute Gasteiger partial charge is 0.489 e. The van der Waals surface area contributed by atoms with E-state index < -0.39 is 15.1 Å². The molecule has 0 radical (unpaired) electrons. The molecule has 2 aromatic carbocycles. The summed E-state index contributed by atoms with van der Waals surface area (Å²) in [6.45, 7) is 9.04. The fourth-order valence-corrected chi connectivity index (χ4v) is 5.11. The number of anilines is 4. The quantitative estimate of drug-likeness (QED) is 0.242. The van der Waals surface area contributed by atoms with Crippen LogP contribution in [0, 0.1) is 6.92 Å². The van der Waals surface area contributed by atoms with Crippen LogP contribution in [0.3, 0.4) is 0 Å². The van der Waals surface area contributed by atoms with Crippen molar-refractivity contribution < 1.29 is 17.7 Å². The van der Waals surface area contributed by atoms with Gasteiger partial charge in [0.15, 0.2) is 21.2 Å². The van der Waals surface area contributed by atoms with Crippen molar-refractivity contribution in [1.82, 2.24) is 24.7 Å². The molecule has 3 aromatic heterocycles. The van der Waals surface area contributed by atoms with Gasteiger partial charge in [0.2, 0.25) is 11.9 Å². The smallest absolute Gasteiger partial charge is 0.233 e. The van der Waals surface area contributed by atoms with Gasteiger partial charge in [-0.1, -0.05) is 17.3 Å². The maximum Gasteiger partial charge on any atom is 0.233 e. The Kier molecular flexibility index (Phi) is 6.96. The summed E-state index contributed by atoms with van der Waals surface area (Å²) in [7, 11) is -3.55. The third-order valence-electron chi connectivity index (χ3n) is 5.82. The van der Waals surface area contributed by atoms with Crippen molar-refractivity contribution in [2.24, 2.45) is 0 Å². The van der Waals surface area contributed by atoms with Gasteiger partial charge in [-0.2, -0.15) is 19.6 Å². The average Bonchev–Trinajstić information content (AvgIpc) is 3.54. The second-order valence-electron chi connectivity index (χ2n) is 9.52. The zero-order valence-electron chi connectivity index (χ0n) is 22.2. The number of aryl methyl sites for hydroxylation is 1. The Balaban J connectivity index is 1.56. The van der Waals surface area contributed by atoms with E-state index in [0.29, 0.717) is 28.5 Å². The molecular weight excluding hydrogens is 518 g/mol. The number of nitrogens with zero attached hydrogens (tertiary/aromatic N) is 5. The highest BCUT2D eigenvalue weighted by Crippen LogP contribution is 2.34. The molecule has 11 nitrogen and oxygen atoms in total. The van der Waals surface area contributed by atoms with Crippen molar-refractivity contribution in [2.75, 3.05) is 10.6 Å².